The van der Waals surface area contributed by atoms with Crippen LogP contribution in [-0.2, 0) is 6.18 Å². The van der Waals surface area contributed by atoms with Crippen LogP contribution in [0, 0.1) is 11.7 Å². The molecule has 0 aromatic heterocycles. The van der Waals surface area contributed by atoms with Crippen LogP contribution >= 0.6 is 12.4 Å². The van der Waals surface area contributed by atoms with Gasteiger partial charge < -0.3 is 10.6 Å². The van der Waals surface area contributed by atoms with E-state index in [1.807, 2.05) is 6.92 Å². The smallest absolute Gasteiger partial charge is 0.334 e. The summed E-state index contributed by atoms with van der Waals surface area (Å²) in [5.74, 6) is -1.73. The zero-order valence-corrected chi connectivity index (χ0v) is 13.4. The molecule has 1 amide bonds. The predicted molar refractivity (Wildman–Crippen MR) is 80.9 cm³/mol. The molecule has 2 N–H and O–H groups in total. The average molecular weight is 355 g/mol. The molecular weight excluding hydrogens is 336 g/mol. The number of hydrogen-bond acceptors (Lipinski definition) is 2. The maximum absolute atomic E-state index is 13.3. The van der Waals surface area contributed by atoms with Gasteiger partial charge in [0.2, 0.25) is 0 Å². The van der Waals surface area contributed by atoms with Crippen LogP contribution in [0.15, 0.2) is 18.2 Å². The maximum Gasteiger partial charge on any atom is 0.419 e. The number of alkyl halides is 3. The molecule has 0 radical (unpaired) electrons. The summed E-state index contributed by atoms with van der Waals surface area (Å²) in [7, 11) is 0. The number of carbonyl (C=O) groups is 1. The highest BCUT2D eigenvalue weighted by Gasteiger charge is 2.36. The van der Waals surface area contributed by atoms with Crippen molar-refractivity contribution in [3.05, 3.63) is 35.1 Å². The van der Waals surface area contributed by atoms with Gasteiger partial charge in [-0.3, -0.25) is 4.79 Å². The molecule has 0 aliphatic carbocycles. The number of carbonyl (C=O) groups excluding carboxylic acids is 1. The minimum atomic E-state index is -4.83. The van der Waals surface area contributed by atoms with Gasteiger partial charge in [-0.25, -0.2) is 4.39 Å². The van der Waals surface area contributed by atoms with E-state index in [-0.39, 0.29) is 36.5 Å². The standard InChI is InChI=1S/C15H18F4N2O.ClH/c1-9-3-2-6-21(13(9)8-20)14(22)10-4-5-12(16)11(7-10)15(17,18)19;/h4-5,7,9,13H,2-3,6,8,20H2,1H3;1H. The van der Waals surface area contributed by atoms with Crippen molar-refractivity contribution in [3.8, 4) is 0 Å². The van der Waals surface area contributed by atoms with Gasteiger partial charge in [-0.1, -0.05) is 6.92 Å². The zero-order chi connectivity index (χ0) is 16.5. The number of likely N-dealkylation sites (tertiary alicyclic amines) is 1. The molecule has 1 aromatic rings. The van der Waals surface area contributed by atoms with Crippen LogP contribution in [0.25, 0.3) is 0 Å². The first-order valence-electron chi connectivity index (χ1n) is 7.13. The van der Waals surface area contributed by atoms with Crippen LogP contribution in [0.2, 0.25) is 0 Å². The predicted octanol–water partition coefficient (Wildman–Crippen LogP) is 3.47. The van der Waals surface area contributed by atoms with E-state index in [1.54, 1.807) is 0 Å². The van der Waals surface area contributed by atoms with E-state index in [9.17, 15) is 22.4 Å². The Bertz CT molecular complexity index is 565. The number of nitrogens with zero attached hydrogens (tertiary/aromatic N) is 1. The highest BCUT2D eigenvalue weighted by molar-refractivity contribution is 5.94. The molecule has 1 aromatic carbocycles. The third-order valence-electron chi connectivity index (χ3n) is 4.14. The number of rotatable bonds is 2. The Labute approximate surface area is 138 Å². The highest BCUT2D eigenvalue weighted by Crippen LogP contribution is 2.32. The second-order valence-corrected chi connectivity index (χ2v) is 5.61. The van der Waals surface area contributed by atoms with Crippen LogP contribution in [0.5, 0.6) is 0 Å². The van der Waals surface area contributed by atoms with E-state index >= 15 is 0 Å². The van der Waals surface area contributed by atoms with Gasteiger partial charge >= 0.3 is 6.18 Å². The van der Waals surface area contributed by atoms with Crippen LogP contribution in [-0.4, -0.2) is 29.9 Å². The molecule has 0 spiro atoms. The molecule has 23 heavy (non-hydrogen) atoms. The van der Waals surface area contributed by atoms with Crippen molar-refractivity contribution in [1.82, 2.24) is 4.90 Å². The fourth-order valence-electron chi connectivity index (χ4n) is 2.90. The quantitative estimate of drug-likeness (QED) is 0.827. The fourth-order valence-corrected chi connectivity index (χ4v) is 2.90. The minimum absolute atomic E-state index is 0. The van der Waals surface area contributed by atoms with Gasteiger partial charge in [0.15, 0.2) is 0 Å². The summed E-state index contributed by atoms with van der Waals surface area (Å²) < 4.78 is 51.6. The Morgan fingerprint density at radius 1 is 1.39 bits per heavy atom. The summed E-state index contributed by atoms with van der Waals surface area (Å²) >= 11 is 0. The van der Waals surface area contributed by atoms with Crippen LogP contribution < -0.4 is 5.73 Å². The van der Waals surface area contributed by atoms with E-state index in [0.717, 1.165) is 18.9 Å². The number of benzene rings is 1. The van der Waals surface area contributed by atoms with Crippen molar-refractivity contribution in [2.45, 2.75) is 32.0 Å². The number of nitrogens with two attached hydrogens (primary N) is 1. The van der Waals surface area contributed by atoms with E-state index in [4.69, 9.17) is 5.73 Å². The monoisotopic (exact) mass is 354 g/mol. The van der Waals surface area contributed by atoms with E-state index in [2.05, 4.69) is 0 Å². The Morgan fingerprint density at radius 2 is 2.04 bits per heavy atom. The van der Waals surface area contributed by atoms with E-state index in [0.29, 0.717) is 18.7 Å². The molecule has 1 aliphatic rings. The third kappa shape index (κ3) is 4.14. The van der Waals surface area contributed by atoms with Crippen molar-refractivity contribution in [2.75, 3.05) is 13.1 Å². The Hall–Kier alpha value is -1.34. The summed E-state index contributed by atoms with van der Waals surface area (Å²) in [5.41, 5.74) is 4.10. The molecular formula is C15H19ClF4N2O. The van der Waals surface area contributed by atoms with Crippen molar-refractivity contribution < 1.29 is 22.4 Å². The number of amides is 1. The lowest BCUT2D eigenvalue weighted by molar-refractivity contribution is -0.140. The van der Waals surface area contributed by atoms with Crippen molar-refractivity contribution in [3.63, 3.8) is 0 Å². The number of halogens is 5. The molecule has 130 valence electrons. The summed E-state index contributed by atoms with van der Waals surface area (Å²) in [6.07, 6.45) is -3.14. The minimum Gasteiger partial charge on any atom is -0.334 e. The van der Waals surface area contributed by atoms with Crippen LogP contribution in [0.1, 0.15) is 35.7 Å². The molecule has 1 aliphatic heterocycles. The Kier molecular flexibility index (Phi) is 6.41. The van der Waals surface area contributed by atoms with Crippen LogP contribution in [0.3, 0.4) is 0 Å². The second-order valence-electron chi connectivity index (χ2n) is 5.61. The summed E-state index contributed by atoms with van der Waals surface area (Å²) in [5, 5.41) is 0. The molecule has 1 saturated heterocycles. The van der Waals surface area contributed by atoms with Crippen molar-refractivity contribution >= 4 is 18.3 Å². The van der Waals surface area contributed by atoms with Crippen molar-refractivity contribution in [1.29, 1.82) is 0 Å². The Balaban J connectivity index is 0.00000264. The van der Waals surface area contributed by atoms with E-state index < -0.39 is 23.5 Å². The maximum atomic E-state index is 13.3. The first kappa shape index (κ1) is 19.7. The second kappa shape index (κ2) is 7.49. The first-order valence-corrected chi connectivity index (χ1v) is 7.13. The molecule has 2 unspecified atom stereocenters. The van der Waals surface area contributed by atoms with Crippen molar-refractivity contribution in [2.24, 2.45) is 11.7 Å². The van der Waals surface area contributed by atoms with E-state index in [1.165, 1.54) is 4.90 Å². The molecule has 1 fully saturated rings. The molecule has 2 atom stereocenters. The molecule has 3 nitrogen and oxygen atoms in total. The van der Waals surface area contributed by atoms with Gasteiger partial charge in [0, 0.05) is 24.7 Å². The van der Waals surface area contributed by atoms with Crippen LogP contribution in [0.4, 0.5) is 17.6 Å². The van der Waals surface area contributed by atoms with Gasteiger partial charge in [-0.2, -0.15) is 13.2 Å². The van der Waals surface area contributed by atoms with Gasteiger partial charge in [-0.15, -0.1) is 12.4 Å². The summed E-state index contributed by atoms with van der Waals surface area (Å²) in [4.78, 5) is 14.0. The lowest BCUT2D eigenvalue weighted by Crippen LogP contribution is -2.51. The average Bonchev–Trinajstić information content (AvgIpc) is 2.45. The Morgan fingerprint density at radius 3 is 2.61 bits per heavy atom. The lowest BCUT2D eigenvalue weighted by atomic mass is 9.90. The SMILES string of the molecule is CC1CCCN(C(=O)c2ccc(F)c(C(F)(F)F)c2)C1CN.Cl. The zero-order valence-electron chi connectivity index (χ0n) is 12.6. The summed E-state index contributed by atoms with van der Waals surface area (Å²) in [6, 6.07) is 2.13. The molecule has 8 heteroatoms. The molecule has 0 bridgehead atoms. The summed E-state index contributed by atoms with van der Waals surface area (Å²) in [6.45, 7) is 2.66. The molecule has 1 heterocycles. The molecule has 2 rings (SSSR count). The third-order valence-corrected chi connectivity index (χ3v) is 4.14. The number of piperidine rings is 1. The highest BCUT2D eigenvalue weighted by atomic mass is 35.5. The van der Waals surface area contributed by atoms with Gasteiger partial charge in [0.1, 0.15) is 5.82 Å². The van der Waals surface area contributed by atoms with Gasteiger partial charge in [0.25, 0.3) is 5.91 Å². The largest absolute Gasteiger partial charge is 0.419 e. The first-order chi connectivity index (χ1) is 10.3. The van der Waals surface area contributed by atoms with Gasteiger partial charge in [0.05, 0.1) is 5.56 Å². The van der Waals surface area contributed by atoms with Gasteiger partial charge in [-0.05, 0) is 37.0 Å². The fraction of sp³-hybridized carbons (Fsp3) is 0.533. The molecule has 0 saturated carbocycles. The lowest BCUT2D eigenvalue weighted by Gasteiger charge is -2.39. The topological polar surface area (TPSA) is 46.3 Å². The normalized spacial score (nSPS) is 21.7. The number of hydrogen-bond donors (Lipinski definition) is 1.